The number of rotatable bonds is 5. The first kappa shape index (κ1) is 25.8. The van der Waals surface area contributed by atoms with Gasteiger partial charge in [-0.3, -0.25) is 9.36 Å². The minimum atomic E-state index is -4.56. The van der Waals surface area contributed by atoms with Crippen molar-refractivity contribution in [2.75, 3.05) is 68.1 Å². The lowest BCUT2D eigenvalue weighted by atomic mass is 10.2. The molecule has 2 fully saturated rings. The van der Waals surface area contributed by atoms with Gasteiger partial charge < -0.3 is 30.3 Å². The van der Waals surface area contributed by atoms with E-state index in [-0.39, 0.29) is 54.6 Å². The molecule has 0 spiro atoms. The van der Waals surface area contributed by atoms with Crippen molar-refractivity contribution in [1.82, 2.24) is 34.4 Å². The Morgan fingerprint density at radius 2 is 1.82 bits per heavy atom. The average molecular weight is 537 g/mol. The van der Waals surface area contributed by atoms with Gasteiger partial charge in [0.2, 0.25) is 17.8 Å². The Balaban J connectivity index is 1.66. The van der Waals surface area contributed by atoms with Crippen molar-refractivity contribution in [3.63, 3.8) is 0 Å². The van der Waals surface area contributed by atoms with Gasteiger partial charge in [-0.2, -0.15) is 13.2 Å². The van der Waals surface area contributed by atoms with E-state index in [1.54, 1.807) is 11.8 Å². The first-order valence-electron chi connectivity index (χ1n) is 12.1. The van der Waals surface area contributed by atoms with Crippen LogP contribution in [-0.2, 0) is 16.1 Å². The quantitative estimate of drug-likeness (QED) is 0.463. The maximum atomic E-state index is 13.9. The smallest absolute Gasteiger partial charge is 0.387 e. The highest BCUT2D eigenvalue weighted by Crippen LogP contribution is 2.34. The molecule has 0 radical (unpaired) electrons. The lowest BCUT2D eigenvalue weighted by molar-refractivity contribution is -0.139. The Morgan fingerprint density at radius 3 is 2.45 bits per heavy atom. The predicted molar refractivity (Wildman–Crippen MR) is 130 cm³/mol. The molecule has 3 aromatic rings. The first-order valence-corrected chi connectivity index (χ1v) is 12.1. The Kier molecular flexibility index (Phi) is 6.92. The molecule has 1 amide bonds. The number of anilines is 3. The summed E-state index contributed by atoms with van der Waals surface area (Å²) >= 11 is 0. The number of nitrogens with two attached hydrogens (primary N) is 1. The molecule has 2 saturated heterocycles. The summed E-state index contributed by atoms with van der Waals surface area (Å²) in [6, 6.07) is -0.352. The van der Waals surface area contributed by atoms with Crippen LogP contribution in [0.15, 0.2) is 12.4 Å². The summed E-state index contributed by atoms with van der Waals surface area (Å²) in [4.78, 5) is 38.9. The standard InChI is InChI=1S/C22H27F3N10O3/c1-13-10-33(2-3-34(13)15(37)11-36)21-29-16-18(32-4-6-38-7-5-32)30-17(14-8-27-20(26)28-9-14)31-19(16)35(21)12-22(23,24)25/h8-9,13,36H,2-7,10-12H2,1H3,(H2,26,27,28)/t13-/m0/s1. The topological polar surface area (TPSA) is 152 Å². The van der Waals surface area contributed by atoms with Gasteiger partial charge >= 0.3 is 6.18 Å². The molecule has 5 rings (SSSR count). The van der Waals surface area contributed by atoms with Gasteiger partial charge in [-0.25, -0.2) is 24.9 Å². The molecule has 0 bridgehead atoms. The van der Waals surface area contributed by atoms with Gasteiger partial charge in [0.05, 0.1) is 18.8 Å². The van der Waals surface area contributed by atoms with Gasteiger partial charge in [-0.1, -0.05) is 0 Å². The SMILES string of the molecule is C[C@H]1CN(c2nc3c(N4CCOCC4)nc(-c4cnc(N)nc4)nc3n2CC(F)(F)F)CCN1C(=O)CO. The van der Waals surface area contributed by atoms with E-state index in [0.717, 1.165) is 4.57 Å². The average Bonchev–Trinajstić information content (AvgIpc) is 3.25. The third-order valence-corrected chi connectivity index (χ3v) is 6.50. The number of halogens is 3. The van der Waals surface area contributed by atoms with Crippen LogP contribution >= 0.6 is 0 Å². The van der Waals surface area contributed by atoms with Crippen LogP contribution in [0.1, 0.15) is 6.92 Å². The van der Waals surface area contributed by atoms with Gasteiger partial charge in [0.1, 0.15) is 13.2 Å². The van der Waals surface area contributed by atoms with Crippen LogP contribution in [0.4, 0.5) is 30.9 Å². The number of aliphatic hydroxyl groups excluding tert-OH is 1. The molecule has 204 valence electrons. The first-order chi connectivity index (χ1) is 18.1. The third-order valence-electron chi connectivity index (χ3n) is 6.50. The lowest BCUT2D eigenvalue weighted by Crippen LogP contribution is -2.55. The summed E-state index contributed by atoms with van der Waals surface area (Å²) in [6.07, 6.45) is -1.73. The number of fused-ring (bicyclic) bond motifs is 1. The van der Waals surface area contributed by atoms with Crippen molar-refractivity contribution in [2.45, 2.75) is 25.7 Å². The van der Waals surface area contributed by atoms with Gasteiger partial charge in [0, 0.05) is 51.2 Å². The molecule has 0 aliphatic carbocycles. The van der Waals surface area contributed by atoms with Gasteiger partial charge in [0.25, 0.3) is 0 Å². The maximum absolute atomic E-state index is 13.9. The van der Waals surface area contributed by atoms with Gasteiger partial charge in [0.15, 0.2) is 22.8 Å². The predicted octanol–water partition coefficient (Wildman–Crippen LogP) is 0.294. The largest absolute Gasteiger partial charge is 0.406 e. The molecule has 3 N–H and O–H groups in total. The number of piperazine rings is 1. The molecule has 38 heavy (non-hydrogen) atoms. The van der Waals surface area contributed by atoms with Crippen LogP contribution in [0.3, 0.4) is 0 Å². The number of ether oxygens (including phenoxy) is 1. The molecule has 0 aromatic carbocycles. The van der Waals surface area contributed by atoms with Crippen molar-refractivity contribution in [3.8, 4) is 11.4 Å². The molecule has 0 saturated carbocycles. The summed E-state index contributed by atoms with van der Waals surface area (Å²) in [5.74, 6) is 0.210. The fourth-order valence-electron chi connectivity index (χ4n) is 4.72. The number of aliphatic hydroxyl groups is 1. The summed E-state index contributed by atoms with van der Waals surface area (Å²) < 4.78 is 48.1. The highest BCUT2D eigenvalue weighted by Gasteiger charge is 2.36. The Morgan fingerprint density at radius 1 is 1.11 bits per heavy atom. The summed E-state index contributed by atoms with van der Waals surface area (Å²) in [5.41, 5.74) is 6.24. The molecule has 2 aliphatic heterocycles. The molecule has 2 aliphatic rings. The highest BCUT2D eigenvalue weighted by atomic mass is 19.4. The number of nitrogen functional groups attached to an aromatic ring is 1. The monoisotopic (exact) mass is 536 g/mol. The Bertz CT molecular complexity index is 1310. The number of carbonyl (C=O) groups is 1. The Labute approximate surface area is 215 Å². The summed E-state index contributed by atoms with van der Waals surface area (Å²) in [7, 11) is 0. The molecule has 5 heterocycles. The van der Waals surface area contributed by atoms with Crippen LogP contribution in [0.5, 0.6) is 0 Å². The van der Waals surface area contributed by atoms with Crippen LogP contribution in [-0.4, -0.2) is 110 Å². The zero-order chi connectivity index (χ0) is 27.0. The summed E-state index contributed by atoms with van der Waals surface area (Å²) in [6.45, 7) is 2.32. The van der Waals surface area contributed by atoms with Crippen molar-refractivity contribution in [3.05, 3.63) is 12.4 Å². The molecule has 1 atom stereocenters. The van der Waals surface area contributed by atoms with Crippen molar-refractivity contribution in [2.24, 2.45) is 0 Å². The van der Waals surface area contributed by atoms with E-state index in [9.17, 15) is 23.1 Å². The van der Waals surface area contributed by atoms with Crippen molar-refractivity contribution >= 4 is 34.8 Å². The minimum Gasteiger partial charge on any atom is -0.387 e. The number of aromatic nitrogens is 6. The number of hydrogen-bond acceptors (Lipinski definition) is 11. The zero-order valence-electron chi connectivity index (χ0n) is 20.6. The summed E-state index contributed by atoms with van der Waals surface area (Å²) in [5, 5.41) is 9.25. The number of imidazole rings is 1. The fourth-order valence-corrected chi connectivity index (χ4v) is 4.72. The number of amides is 1. The van der Waals surface area contributed by atoms with Gasteiger partial charge in [-0.15, -0.1) is 0 Å². The molecule has 16 heteroatoms. The molecule has 13 nitrogen and oxygen atoms in total. The Hall–Kier alpha value is -3.79. The van der Waals surface area contributed by atoms with Crippen LogP contribution in [0, 0.1) is 0 Å². The van der Waals surface area contributed by atoms with E-state index in [1.807, 2.05) is 4.90 Å². The van der Waals surface area contributed by atoms with Crippen LogP contribution in [0.2, 0.25) is 0 Å². The second-order valence-corrected chi connectivity index (χ2v) is 9.13. The van der Waals surface area contributed by atoms with E-state index in [1.165, 1.54) is 17.3 Å². The second kappa shape index (κ2) is 10.2. The molecule has 3 aromatic heterocycles. The molecular weight excluding hydrogens is 509 g/mol. The maximum Gasteiger partial charge on any atom is 0.406 e. The number of carbonyl (C=O) groups excluding carboxylic acids is 1. The number of nitrogens with zero attached hydrogens (tertiary/aromatic N) is 9. The number of alkyl halides is 3. The van der Waals surface area contributed by atoms with E-state index < -0.39 is 25.2 Å². The molecule has 0 unspecified atom stereocenters. The van der Waals surface area contributed by atoms with Gasteiger partial charge in [-0.05, 0) is 6.92 Å². The second-order valence-electron chi connectivity index (χ2n) is 9.13. The van der Waals surface area contributed by atoms with E-state index in [2.05, 4.69) is 24.9 Å². The number of hydrogen-bond donors (Lipinski definition) is 2. The van der Waals surface area contributed by atoms with Crippen molar-refractivity contribution in [1.29, 1.82) is 0 Å². The molecular formula is C22H27F3N10O3. The van der Waals surface area contributed by atoms with Crippen LogP contribution < -0.4 is 15.5 Å². The van der Waals surface area contributed by atoms with Crippen LogP contribution in [0.25, 0.3) is 22.6 Å². The highest BCUT2D eigenvalue weighted by molar-refractivity contribution is 5.88. The zero-order valence-corrected chi connectivity index (χ0v) is 20.6. The van der Waals surface area contributed by atoms with E-state index >= 15 is 0 Å². The minimum absolute atomic E-state index is 0.0159. The number of morpholine rings is 1. The fraction of sp³-hybridized carbons (Fsp3) is 0.545. The third kappa shape index (κ3) is 5.13. The normalized spacial score (nSPS) is 18.9. The van der Waals surface area contributed by atoms with Crippen molar-refractivity contribution < 1.29 is 27.8 Å². The van der Waals surface area contributed by atoms with E-state index in [4.69, 9.17) is 10.5 Å². The lowest BCUT2D eigenvalue weighted by Gasteiger charge is -2.40. The van der Waals surface area contributed by atoms with E-state index in [0.29, 0.717) is 37.7 Å².